The van der Waals surface area contributed by atoms with E-state index < -0.39 is 0 Å². The number of nitrogens with zero attached hydrogens (tertiary/aromatic N) is 1. The van der Waals surface area contributed by atoms with Crippen LogP contribution in [0.15, 0.2) is 59.3 Å². The van der Waals surface area contributed by atoms with Crippen LogP contribution in [0, 0.1) is 0 Å². The second-order valence-corrected chi connectivity index (χ2v) is 6.89. The number of thioether (sulfide) groups is 1. The molecule has 1 saturated heterocycles. The molecule has 2 aromatic rings. The number of rotatable bonds is 1. The molecule has 0 unspecified atom stereocenters. The van der Waals surface area contributed by atoms with Gasteiger partial charge in [-0.25, -0.2) is 0 Å². The lowest BCUT2D eigenvalue weighted by molar-refractivity contribution is -0.115. The number of benzene rings is 2. The van der Waals surface area contributed by atoms with Gasteiger partial charge in [-0.1, -0.05) is 54.3 Å². The normalized spacial score (nSPS) is 20.3. The molecule has 1 fully saturated rings. The zero-order chi connectivity index (χ0) is 16.0. The van der Waals surface area contributed by atoms with E-state index >= 15 is 0 Å². The van der Waals surface area contributed by atoms with E-state index in [0.29, 0.717) is 15.1 Å². The Labute approximate surface area is 142 Å². The van der Waals surface area contributed by atoms with Crippen LogP contribution in [0.25, 0.3) is 10.8 Å². The SMILES string of the molecule is CN1/C(=C/C=C2/SC(=S)NC2=O)Oc2ccc3ccccc3c21. The molecule has 114 valence electrons. The summed E-state index contributed by atoms with van der Waals surface area (Å²) in [4.78, 5) is 14.3. The van der Waals surface area contributed by atoms with Gasteiger partial charge in [0.05, 0.1) is 10.6 Å². The number of anilines is 1. The van der Waals surface area contributed by atoms with Gasteiger partial charge in [-0.05, 0) is 17.5 Å². The van der Waals surface area contributed by atoms with E-state index in [1.165, 1.54) is 11.8 Å². The fourth-order valence-corrected chi connectivity index (χ4v) is 3.67. The van der Waals surface area contributed by atoms with Gasteiger partial charge in [0.15, 0.2) is 11.6 Å². The van der Waals surface area contributed by atoms with E-state index in [4.69, 9.17) is 17.0 Å². The molecule has 0 aromatic heterocycles. The number of fused-ring (bicyclic) bond motifs is 3. The lowest BCUT2D eigenvalue weighted by Gasteiger charge is -2.12. The van der Waals surface area contributed by atoms with Gasteiger partial charge in [-0.2, -0.15) is 0 Å². The van der Waals surface area contributed by atoms with Crippen molar-refractivity contribution in [2.75, 3.05) is 11.9 Å². The standard InChI is InChI=1S/C17H12N2O2S2/c1-19-14(9-8-13-16(20)18-17(22)23-13)21-12-7-6-10-4-2-3-5-11(10)15(12)19/h2-9H,1H3,(H,18,20,22)/b13-8+,14-9-. The molecule has 1 amide bonds. The predicted molar refractivity (Wildman–Crippen MR) is 97.5 cm³/mol. The summed E-state index contributed by atoms with van der Waals surface area (Å²) in [6.07, 6.45) is 3.53. The molecular weight excluding hydrogens is 328 g/mol. The van der Waals surface area contributed by atoms with Gasteiger partial charge in [-0.15, -0.1) is 0 Å². The number of carbonyl (C=O) groups is 1. The van der Waals surface area contributed by atoms with Crippen molar-refractivity contribution in [1.29, 1.82) is 0 Å². The van der Waals surface area contributed by atoms with E-state index in [-0.39, 0.29) is 5.91 Å². The molecular formula is C17H12N2O2S2. The summed E-state index contributed by atoms with van der Waals surface area (Å²) < 4.78 is 6.40. The highest BCUT2D eigenvalue weighted by atomic mass is 32.2. The maximum atomic E-state index is 11.7. The molecule has 6 heteroatoms. The van der Waals surface area contributed by atoms with Crippen LogP contribution in [0.5, 0.6) is 5.75 Å². The highest BCUT2D eigenvalue weighted by Gasteiger charge is 2.26. The second-order valence-electron chi connectivity index (χ2n) is 5.17. The minimum atomic E-state index is -0.166. The molecule has 23 heavy (non-hydrogen) atoms. The summed E-state index contributed by atoms with van der Waals surface area (Å²) in [6.45, 7) is 0. The molecule has 1 N–H and O–H groups in total. The molecule has 2 aliphatic rings. The number of amides is 1. The van der Waals surface area contributed by atoms with Gasteiger partial charge in [-0.3, -0.25) is 4.79 Å². The smallest absolute Gasteiger partial charge is 0.263 e. The zero-order valence-corrected chi connectivity index (χ0v) is 13.8. The first-order valence-electron chi connectivity index (χ1n) is 7.02. The largest absolute Gasteiger partial charge is 0.439 e. The van der Waals surface area contributed by atoms with Crippen LogP contribution in [0.1, 0.15) is 0 Å². The number of nitrogens with one attached hydrogen (secondary N) is 1. The van der Waals surface area contributed by atoms with Crippen LogP contribution < -0.4 is 15.0 Å². The Morgan fingerprint density at radius 2 is 2.04 bits per heavy atom. The van der Waals surface area contributed by atoms with E-state index in [9.17, 15) is 4.79 Å². The van der Waals surface area contributed by atoms with Crippen LogP contribution in [-0.2, 0) is 4.79 Å². The lowest BCUT2D eigenvalue weighted by Crippen LogP contribution is -2.17. The van der Waals surface area contributed by atoms with Crippen LogP contribution >= 0.6 is 24.0 Å². The minimum Gasteiger partial charge on any atom is -0.439 e. The fraction of sp³-hybridized carbons (Fsp3) is 0.0588. The fourth-order valence-electron chi connectivity index (χ4n) is 2.68. The summed E-state index contributed by atoms with van der Waals surface area (Å²) in [5.74, 6) is 1.32. The number of ether oxygens (including phenoxy) is 1. The molecule has 0 spiro atoms. The highest BCUT2D eigenvalue weighted by molar-refractivity contribution is 8.26. The summed E-state index contributed by atoms with van der Waals surface area (Å²) >= 11 is 6.24. The van der Waals surface area contributed by atoms with Crippen molar-refractivity contribution in [1.82, 2.24) is 5.32 Å². The van der Waals surface area contributed by atoms with Crippen molar-refractivity contribution in [2.24, 2.45) is 0 Å². The van der Waals surface area contributed by atoms with Crippen molar-refractivity contribution < 1.29 is 9.53 Å². The molecule has 2 aliphatic heterocycles. The van der Waals surface area contributed by atoms with Gasteiger partial charge in [0.1, 0.15) is 4.32 Å². The third-order valence-electron chi connectivity index (χ3n) is 3.76. The molecule has 0 aliphatic carbocycles. The van der Waals surface area contributed by atoms with Crippen LogP contribution in [0.3, 0.4) is 0 Å². The van der Waals surface area contributed by atoms with Gasteiger partial charge in [0.25, 0.3) is 5.91 Å². The van der Waals surface area contributed by atoms with Crippen molar-refractivity contribution >= 4 is 50.7 Å². The summed E-state index contributed by atoms with van der Waals surface area (Å²) in [7, 11) is 1.95. The molecule has 2 aromatic carbocycles. The first-order chi connectivity index (χ1) is 11.1. The number of carbonyl (C=O) groups excluding carboxylic acids is 1. The van der Waals surface area contributed by atoms with Crippen molar-refractivity contribution in [3.63, 3.8) is 0 Å². The Morgan fingerprint density at radius 1 is 1.22 bits per heavy atom. The number of hydrogen-bond acceptors (Lipinski definition) is 5. The number of hydrogen-bond donors (Lipinski definition) is 1. The van der Waals surface area contributed by atoms with Crippen LogP contribution in [0.2, 0.25) is 0 Å². The minimum absolute atomic E-state index is 0.166. The van der Waals surface area contributed by atoms with Crippen LogP contribution in [-0.4, -0.2) is 17.3 Å². The molecule has 2 heterocycles. The van der Waals surface area contributed by atoms with Crippen molar-refractivity contribution in [3.8, 4) is 5.75 Å². The monoisotopic (exact) mass is 340 g/mol. The highest BCUT2D eigenvalue weighted by Crippen LogP contribution is 2.43. The third kappa shape index (κ3) is 2.40. The van der Waals surface area contributed by atoms with Gasteiger partial charge < -0.3 is 15.0 Å². The predicted octanol–water partition coefficient (Wildman–Crippen LogP) is 3.54. The average molecular weight is 340 g/mol. The first-order valence-corrected chi connectivity index (χ1v) is 8.24. The van der Waals surface area contributed by atoms with Crippen molar-refractivity contribution in [2.45, 2.75) is 0 Å². The maximum Gasteiger partial charge on any atom is 0.263 e. The molecule has 0 radical (unpaired) electrons. The molecule has 4 rings (SSSR count). The zero-order valence-electron chi connectivity index (χ0n) is 12.2. The molecule has 0 bridgehead atoms. The Bertz CT molecular complexity index is 918. The summed E-state index contributed by atoms with van der Waals surface area (Å²) in [5, 5.41) is 4.90. The van der Waals surface area contributed by atoms with E-state index in [0.717, 1.165) is 22.2 Å². The van der Waals surface area contributed by atoms with E-state index in [2.05, 4.69) is 17.4 Å². The number of allylic oxidation sites excluding steroid dienone is 2. The van der Waals surface area contributed by atoms with Gasteiger partial charge >= 0.3 is 0 Å². The first kappa shape index (κ1) is 14.3. The topological polar surface area (TPSA) is 41.6 Å². The Balaban J connectivity index is 1.72. The van der Waals surface area contributed by atoms with E-state index in [1.54, 1.807) is 12.2 Å². The van der Waals surface area contributed by atoms with Crippen LogP contribution in [0.4, 0.5) is 5.69 Å². The Morgan fingerprint density at radius 3 is 2.83 bits per heavy atom. The maximum absolute atomic E-state index is 11.7. The number of thiocarbonyl (C=S) groups is 1. The average Bonchev–Trinajstić information content (AvgIpc) is 3.04. The Hall–Kier alpha value is -2.31. The Kier molecular flexibility index (Phi) is 3.36. The lowest BCUT2D eigenvalue weighted by atomic mass is 10.1. The summed E-state index contributed by atoms with van der Waals surface area (Å²) in [6, 6.07) is 12.2. The molecule has 4 nitrogen and oxygen atoms in total. The second kappa shape index (κ2) is 5.40. The quantitative estimate of drug-likeness (QED) is 0.635. The summed E-state index contributed by atoms with van der Waals surface area (Å²) in [5.41, 5.74) is 1.03. The third-order valence-corrected chi connectivity index (χ3v) is 4.94. The van der Waals surface area contributed by atoms with Crippen molar-refractivity contribution in [3.05, 3.63) is 59.3 Å². The molecule has 0 saturated carbocycles. The van der Waals surface area contributed by atoms with E-state index in [1.807, 2.05) is 36.2 Å². The van der Waals surface area contributed by atoms with Gasteiger partial charge in [0.2, 0.25) is 0 Å². The van der Waals surface area contributed by atoms with Gasteiger partial charge in [0, 0.05) is 18.5 Å². The molecule has 0 atom stereocenters.